The maximum Gasteiger partial charge on any atom is 0.330 e. The van der Waals surface area contributed by atoms with Crippen molar-refractivity contribution >= 4 is 53.8 Å². The van der Waals surface area contributed by atoms with Crippen molar-refractivity contribution in [2.75, 3.05) is 35.8 Å². The Labute approximate surface area is 121 Å². The molecule has 0 saturated heterocycles. The highest BCUT2D eigenvalue weighted by molar-refractivity contribution is 9.10. The molecule has 6 heteroatoms. The normalized spacial score (nSPS) is 11.2. The van der Waals surface area contributed by atoms with Crippen LogP contribution < -0.4 is 0 Å². The van der Waals surface area contributed by atoms with Crippen LogP contribution >= 0.6 is 47.8 Å². The average molecular weight is 423 g/mol. The number of ether oxygens (including phenoxy) is 2. The standard InChI is InChI=1S/C10H15Br3O3/c1-2-9(14)16-4-3-15-8-10(5-11,6-12)7-13/h2H,1,3-8H2. The van der Waals surface area contributed by atoms with Gasteiger partial charge in [-0.15, -0.1) is 0 Å². The van der Waals surface area contributed by atoms with Crippen LogP contribution in [0.4, 0.5) is 0 Å². The Balaban J connectivity index is 3.71. The quantitative estimate of drug-likeness (QED) is 0.248. The molecule has 0 radical (unpaired) electrons. The van der Waals surface area contributed by atoms with Gasteiger partial charge in [-0.3, -0.25) is 0 Å². The van der Waals surface area contributed by atoms with E-state index >= 15 is 0 Å². The molecule has 0 bridgehead atoms. The van der Waals surface area contributed by atoms with Gasteiger partial charge >= 0.3 is 5.97 Å². The van der Waals surface area contributed by atoms with Crippen molar-refractivity contribution in [3.63, 3.8) is 0 Å². The Hall–Kier alpha value is 0.610. The number of alkyl halides is 3. The van der Waals surface area contributed by atoms with Gasteiger partial charge in [-0.1, -0.05) is 54.4 Å². The molecule has 0 amide bonds. The van der Waals surface area contributed by atoms with Crippen molar-refractivity contribution in [2.45, 2.75) is 0 Å². The summed E-state index contributed by atoms with van der Waals surface area (Å²) in [5.74, 6) is -0.420. The van der Waals surface area contributed by atoms with Crippen LogP contribution in [0.1, 0.15) is 0 Å². The second-order valence-corrected chi connectivity index (χ2v) is 5.01. The van der Waals surface area contributed by atoms with E-state index in [0.29, 0.717) is 13.2 Å². The second kappa shape index (κ2) is 9.62. The minimum Gasteiger partial charge on any atom is -0.460 e. The molecule has 0 aliphatic rings. The molecule has 0 heterocycles. The summed E-state index contributed by atoms with van der Waals surface area (Å²) in [4.78, 5) is 10.7. The van der Waals surface area contributed by atoms with E-state index in [2.05, 4.69) is 54.4 Å². The van der Waals surface area contributed by atoms with E-state index in [-0.39, 0.29) is 12.0 Å². The molecule has 0 aliphatic carbocycles. The number of esters is 1. The zero-order valence-electron chi connectivity index (χ0n) is 8.89. The Kier molecular flexibility index (Phi) is 9.99. The predicted molar refractivity (Wildman–Crippen MR) is 75.8 cm³/mol. The van der Waals surface area contributed by atoms with Crippen LogP contribution in [0.3, 0.4) is 0 Å². The van der Waals surface area contributed by atoms with E-state index < -0.39 is 5.97 Å². The maximum atomic E-state index is 10.7. The monoisotopic (exact) mass is 420 g/mol. The molecule has 0 atom stereocenters. The van der Waals surface area contributed by atoms with Crippen LogP contribution in [0.25, 0.3) is 0 Å². The highest BCUT2D eigenvalue weighted by Crippen LogP contribution is 2.26. The molecule has 94 valence electrons. The molecule has 0 fully saturated rings. The SMILES string of the molecule is C=CC(=O)OCCOCC(CBr)(CBr)CBr. The average Bonchev–Trinajstić information content (AvgIpc) is 2.34. The van der Waals surface area contributed by atoms with Crippen LogP contribution in [-0.2, 0) is 14.3 Å². The third kappa shape index (κ3) is 6.37. The van der Waals surface area contributed by atoms with E-state index in [1.807, 2.05) is 0 Å². The highest BCUT2D eigenvalue weighted by Gasteiger charge is 2.26. The van der Waals surface area contributed by atoms with Gasteiger partial charge in [0.2, 0.25) is 0 Å². The summed E-state index contributed by atoms with van der Waals surface area (Å²) in [6, 6.07) is 0. The lowest BCUT2D eigenvalue weighted by atomic mass is 9.98. The van der Waals surface area contributed by atoms with Crippen molar-refractivity contribution in [3.8, 4) is 0 Å². The molecular weight excluding hydrogens is 408 g/mol. The fourth-order valence-electron chi connectivity index (χ4n) is 0.772. The molecule has 0 aromatic rings. The fraction of sp³-hybridized carbons (Fsp3) is 0.700. The van der Waals surface area contributed by atoms with Gasteiger partial charge in [0.05, 0.1) is 13.2 Å². The molecule has 0 rings (SSSR count). The van der Waals surface area contributed by atoms with Crippen molar-refractivity contribution in [2.24, 2.45) is 5.41 Å². The molecule has 0 saturated carbocycles. The van der Waals surface area contributed by atoms with Gasteiger partial charge in [0, 0.05) is 27.5 Å². The van der Waals surface area contributed by atoms with Crippen LogP contribution in [-0.4, -0.2) is 41.8 Å². The van der Waals surface area contributed by atoms with Gasteiger partial charge in [-0.05, 0) is 0 Å². The first kappa shape index (κ1) is 16.6. The number of hydrogen-bond donors (Lipinski definition) is 0. The number of hydrogen-bond acceptors (Lipinski definition) is 3. The summed E-state index contributed by atoms with van der Waals surface area (Å²) in [5, 5.41) is 2.51. The van der Waals surface area contributed by atoms with Crippen LogP contribution in [0.5, 0.6) is 0 Å². The minimum atomic E-state index is -0.420. The number of halogens is 3. The molecule has 0 aliphatic heterocycles. The summed E-state index contributed by atoms with van der Waals surface area (Å²) < 4.78 is 10.3. The van der Waals surface area contributed by atoms with E-state index in [1.165, 1.54) is 0 Å². The van der Waals surface area contributed by atoms with E-state index in [0.717, 1.165) is 22.1 Å². The zero-order valence-corrected chi connectivity index (χ0v) is 13.6. The van der Waals surface area contributed by atoms with Crippen LogP contribution in [0.2, 0.25) is 0 Å². The molecule has 0 unspecified atom stereocenters. The lowest BCUT2D eigenvalue weighted by molar-refractivity contribution is -0.139. The molecule has 3 nitrogen and oxygen atoms in total. The Morgan fingerprint density at radius 1 is 1.19 bits per heavy atom. The zero-order chi connectivity index (χ0) is 12.4. The van der Waals surface area contributed by atoms with Gasteiger partial charge in [-0.2, -0.15) is 0 Å². The van der Waals surface area contributed by atoms with E-state index in [1.54, 1.807) is 0 Å². The fourth-order valence-corrected chi connectivity index (χ4v) is 4.04. The smallest absolute Gasteiger partial charge is 0.330 e. The summed E-state index contributed by atoms with van der Waals surface area (Å²) in [7, 11) is 0. The van der Waals surface area contributed by atoms with Crippen molar-refractivity contribution in [3.05, 3.63) is 12.7 Å². The lowest BCUT2D eigenvalue weighted by Crippen LogP contribution is -2.33. The molecule has 0 aromatic carbocycles. The summed E-state index contributed by atoms with van der Waals surface area (Å²) in [5.41, 5.74) is 0.0302. The van der Waals surface area contributed by atoms with Crippen molar-refractivity contribution in [1.29, 1.82) is 0 Å². The van der Waals surface area contributed by atoms with Gasteiger partial charge in [0.25, 0.3) is 0 Å². The first-order valence-corrected chi connectivity index (χ1v) is 8.05. The topological polar surface area (TPSA) is 35.5 Å². The highest BCUT2D eigenvalue weighted by atomic mass is 79.9. The van der Waals surface area contributed by atoms with Crippen molar-refractivity contribution in [1.82, 2.24) is 0 Å². The third-order valence-corrected chi connectivity index (χ3v) is 5.47. The molecule has 0 N–H and O–H groups in total. The van der Waals surface area contributed by atoms with Crippen molar-refractivity contribution < 1.29 is 14.3 Å². The van der Waals surface area contributed by atoms with E-state index in [4.69, 9.17) is 9.47 Å². The Morgan fingerprint density at radius 3 is 2.19 bits per heavy atom. The number of rotatable bonds is 9. The summed E-state index contributed by atoms with van der Waals surface area (Å²) >= 11 is 10.4. The summed E-state index contributed by atoms with van der Waals surface area (Å²) in [6.07, 6.45) is 1.14. The molecule has 0 spiro atoms. The van der Waals surface area contributed by atoms with Crippen LogP contribution in [0, 0.1) is 5.41 Å². The first-order valence-electron chi connectivity index (χ1n) is 4.69. The van der Waals surface area contributed by atoms with Gasteiger partial charge in [-0.25, -0.2) is 4.79 Å². The van der Waals surface area contributed by atoms with Gasteiger partial charge in [0.15, 0.2) is 0 Å². The van der Waals surface area contributed by atoms with Gasteiger partial charge in [0.1, 0.15) is 6.61 Å². The molecule has 0 aromatic heterocycles. The number of carbonyl (C=O) groups is 1. The minimum absolute atomic E-state index is 0.0302. The maximum absolute atomic E-state index is 10.7. The van der Waals surface area contributed by atoms with Crippen LogP contribution in [0.15, 0.2) is 12.7 Å². The number of carbonyl (C=O) groups excluding carboxylic acids is 1. The largest absolute Gasteiger partial charge is 0.460 e. The Morgan fingerprint density at radius 2 is 1.75 bits per heavy atom. The van der Waals surface area contributed by atoms with Gasteiger partial charge < -0.3 is 9.47 Å². The van der Waals surface area contributed by atoms with E-state index in [9.17, 15) is 4.79 Å². The summed E-state index contributed by atoms with van der Waals surface area (Å²) in [6.45, 7) is 4.56. The molecular formula is C10H15Br3O3. The molecule has 16 heavy (non-hydrogen) atoms. The predicted octanol–water partition coefficient (Wildman–Crippen LogP) is 2.90. The third-order valence-electron chi connectivity index (χ3n) is 1.90. The Bertz CT molecular complexity index is 209. The lowest BCUT2D eigenvalue weighted by Gasteiger charge is -2.27. The first-order chi connectivity index (χ1) is 7.64. The second-order valence-electron chi connectivity index (χ2n) is 3.33.